The average Bonchev–Trinajstić information content (AvgIpc) is 3.24. The number of nitrogens with zero attached hydrogens (tertiary/aromatic N) is 2. The highest BCUT2D eigenvalue weighted by Crippen LogP contribution is 2.31. The van der Waals surface area contributed by atoms with Crippen LogP contribution in [0.25, 0.3) is 10.9 Å². The highest BCUT2D eigenvalue weighted by atomic mass is 32.2. The molecule has 1 saturated heterocycles. The zero-order valence-electron chi connectivity index (χ0n) is 22.1. The Kier molecular flexibility index (Phi) is 9.30. The third-order valence-corrected chi connectivity index (χ3v) is 7.92. The van der Waals surface area contributed by atoms with Gasteiger partial charge >= 0.3 is 6.18 Å². The number of aromatic nitrogens is 1. The second-order valence-corrected chi connectivity index (χ2v) is 12.0. The molecule has 4 rings (SSSR count). The van der Waals surface area contributed by atoms with Crippen LogP contribution in [-0.4, -0.2) is 85.5 Å². The predicted molar refractivity (Wildman–Crippen MR) is 149 cm³/mol. The summed E-state index contributed by atoms with van der Waals surface area (Å²) in [7, 11) is -3.31. The lowest BCUT2D eigenvalue weighted by molar-refractivity contribution is -0.140. The summed E-state index contributed by atoms with van der Waals surface area (Å²) in [6, 6.07) is 13.2. The van der Waals surface area contributed by atoms with Crippen molar-refractivity contribution in [1.29, 1.82) is 0 Å². The van der Waals surface area contributed by atoms with Crippen LogP contribution in [0, 0.1) is 11.8 Å². The number of halogens is 3. The van der Waals surface area contributed by atoms with Gasteiger partial charge in [-0.1, -0.05) is 12.0 Å². The van der Waals surface area contributed by atoms with Crippen LogP contribution in [0.1, 0.15) is 18.5 Å². The number of β-amino-alcohol motifs (C(OH)–C–C–N with tert-alkyl or cyclic N) is 1. The number of anilines is 2. The van der Waals surface area contributed by atoms with Gasteiger partial charge in [-0.05, 0) is 61.2 Å². The number of benzene rings is 2. The number of hydrogen-bond donors (Lipinski definition) is 4. The van der Waals surface area contributed by atoms with Crippen LogP contribution < -0.4 is 10.6 Å². The summed E-state index contributed by atoms with van der Waals surface area (Å²) < 4.78 is 64.9. The third kappa shape index (κ3) is 7.91. The van der Waals surface area contributed by atoms with Crippen LogP contribution in [0.3, 0.4) is 0 Å². The predicted octanol–water partition coefficient (Wildman–Crippen LogP) is 3.30. The number of nitrogens with one attached hydrogen (secondary N) is 2. The average molecular weight is 579 g/mol. The molecular weight excluding hydrogens is 545 g/mol. The summed E-state index contributed by atoms with van der Waals surface area (Å²) in [6.45, 7) is 0.578. The zero-order valence-corrected chi connectivity index (χ0v) is 22.9. The molecule has 8 nitrogen and oxygen atoms in total. The van der Waals surface area contributed by atoms with Crippen LogP contribution in [0.4, 0.5) is 24.5 Å². The number of piperidine rings is 1. The van der Waals surface area contributed by atoms with E-state index in [1.54, 1.807) is 30.3 Å². The summed E-state index contributed by atoms with van der Waals surface area (Å²) in [6.07, 6.45) is -2.50. The van der Waals surface area contributed by atoms with Gasteiger partial charge in [0.1, 0.15) is 6.54 Å². The highest BCUT2D eigenvalue weighted by molar-refractivity contribution is 7.90. The summed E-state index contributed by atoms with van der Waals surface area (Å²) >= 11 is 0. The standard InChI is InChI=1S/C28H33F3N4O4S/c1-40(38,39)24-9-7-20(8-10-24)32-13-3-4-22-16-25-26(5-2-6-27(25)35(22)19-28(29,30)31)33-21-11-14-34(15-12-21)17-23(37)18-36/h2,5-10,16,21,23,32-33,36-37H,11-15,17-19H2,1H3. The maximum atomic E-state index is 13.5. The van der Waals surface area contributed by atoms with Crippen LogP contribution >= 0.6 is 0 Å². The molecule has 0 aliphatic carbocycles. The summed E-state index contributed by atoms with van der Waals surface area (Å²) in [5, 5.41) is 25.9. The van der Waals surface area contributed by atoms with Gasteiger partial charge in [-0.3, -0.25) is 0 Å². The van der Waals surface area contributed by atoms with E-state index in [0.29, 0.717) is 23.1 Å². The Bertz CT molecular complexity index is 1470. The number of alkyl halides is 3. The van der Waals surface area contributed by atoms with Gasteiger partial charge in [0.25, 0.3) is 0 Å². The van der Waals surface area contributed by atoms with E-state index in [0.717, 1.165) is 37.9 Å². The van der Waals surface area contributed by atoms with Crippen molar-refractivity contribution in [1.82, 2.24) is 9.47 Å². The molecule has 2 heterocycles. The van der Waals surface area contributed by atoms with Crippen LogP contribution in [0.15, 0.2) is 53.4 Å². The SMILES string of the molecule is CS(=O)(=O)c1ccc(NCC#Cc2cc3c(NC4CCN(CC(O)CO)CC4)cccc3n2CC(F)(F)F)cc1. The van der Waals surface area contributed by atoms with Gasteiger partial charge in [-0.25, -0.2) is 8.42 Å². The fourth-order valence-electron chi connectivity index (χ4n) is 4.80. The van der Waals surface area contributed by atoms with E-state index < -0.39 is 28.7 Å². The Morgan fingerprint density at radius 3 is 2.45 bits per heavy atom. The van der Waals surface area contributed by atoms with Crippen molar-refractivity contribution in [3.63, 3.8) is 0 Å². The third-order valence-electron chi connectivity index (χ3n) is 6.79. The van der Waals surface area contributed by atoms with Crippen LogP contribution in [0.5, 0.6) is 0 Å². The number of rotatable bonds is 9. The quantitative estimate of drug-likeness (QED) is 0.289. The maximum absolute atomic E-state index is 13.5. The minimum absolute atomic E-state index is 0.118. The maximum Gasteiger partial charge on any atom is 0.406 e. The molecular formula is C28H33F3N4O4S. The Labute approximate surface area is 231 Å². The first kappa shape index (κ1) is 29.7. The normalized spacial score (nSPS) is 15.9. The minimum atomic E-state index is -4.43. The number of aliphatic hydroxyl groups is 2. The van der Waals surface area contributed by atoms with Gasteiger partial charge in [0.05, 0.1) is 35.4 Å². The lowest BCUT2D eigenvalue weighted by atomic mass is 10.0. The van der Waals surface area contributed by atoms with E-state index in [4.69, 9.17) is 5.11 Å². The van der Waals surface area contributed by atoms with Crippen molar-refractivity contribution in [2.24, 2.45) is 0 Å². The topological polar surface area (TPSA) is 107 Å². The number of aliphatic hydroxyl groups excluding tert-OH is 2. The van der Waals surface area contributed by atoms with Gasteiger partial charge in [-0.15, -0.1) is 0 Å². The molecule has 1 atom stereocenters. The second kappa shape index (κ2) is 12.5. The molecule has 0 bridgehead atoms. The summed E-state index contributed by atoms with van der Waals surface area (Å²) in [5.41, 5.74) is 2.04. The van der Waals surface area contributed by atoms with Crippen molar-refractivity contribution in [3.8, 4) is 11.8 Å². The Morgan fingerprint density at radius 2 is 1.82 bits per heavy atom. The molecule has 1 unspecified atom stereocenters. The minimum Gasteiger partial charge on any atom is -0.394 e. The Balaban J connectivity index is 1.50. The molecule has 1 aliphatic heterocycles. The number of sulfone groups is 1. The van der Waals surface area contributed by atoms with E-state index in [1.165, 1.54) is 16.7 Å². The van der Waals surface area contributed by atoms with E-state index in [9.17, 15) is 26.7 Å². The van der Waals surface area contributed by atoms with E-state index in [1.807, 2.05) is 6.07 Å². The first-order chi connectivity index (χ1) is 18.9. The molecule has 40 heavy (non-hydrogen) atoms. The molecule has 12 heteroatoms. The number of fused-ring (bicyclic) bond motifs is 1. The van der Waals surface area contributed by atoms with Crippen LogP contribution in [0.2, 0.25) is 0 Å². The molecule has 0 spiro atoms. The first-order valence-electron chi connectivity index (χ1n) is 12.9. The summed E-state index contributed by atoms with van der Waals surface area (Å²) in [4.78, 5) is 2.28. The van der Waals surface area contributed by atoms with Crippen molar-refractivity contribution in [2.75, 3.05) is 49.7 Å². The van der Waals surface area contributed by atoms with Crippen molar-refractivity contribution in [2.45, 2.75) is 42.6 Å². The lowest BCUT2D eigenvalue weighted by Gasteiger charge is -2.33. The van der Waals surface area contributed by atoms with Crippen molar-refractivity contribution >= 4 is 32.1 Å². The molecule has 0 radical (unpaired) electrons. The molecule has 4 N–H and O–H groups in total. The Morgan fingerprint density at radius 1 is 1.12 bits per heavy atom. The molecule has 2 aromatic carbocycles. The molecule has 1 aliphatic rings. The van der Waals surface area contributed by atoms with Crippen molar-refractivity contribution < 1.29 is 31.8 Å². The number of hydrogen-bond acceptors (Lipinski definition) is 7. The monoisotopic (exact) mass is 578 g/mol. The van der Waals surface area contributed by atoms with Crippen LogP contribution in [-0.2, 0) is 16.4 Å². The second-order valence-electron chi connectivity index (χ2n) is 9.98. The van der Waals surface area contributed by atoms with Gasteiger partial charge in [0, 0.05) is 48.7 Å². The van der Waals surface area contributed by atoms with E-state index in [2.05, 4.69) is 27.4 Å². The molecule has 3 aromatic rings. The largest absolute Gasteiger partial charge is 0.406 e. The first-order valence-corrected chi connectivity index (χ1v) is 14.8. The summed E-state index contributed by atoms with van der Waals surface area (Å²) in [5.74, 6) is 5.74. The molecule has 0 amide bonds. The molecule has 0 saturated carbocycles. The fourth-order valence-corrected chi connectivity index (χ4v) is 5.43. The zero-order chi connectivity index (χ0) is 28.9. The lowest BCUT2D eigenvalue weighted by Crippen LogP contribution is -2.43. The van der Waals surface area contributed by atoms with E-state index in [-0.39, 0.29) is 29.8 Å². The molecule has 1 fully saturated rings. The van der Waals surface area contributed by atoms with E-state index >= 15 is 0 Å². The van der Waals surface area contributed by atoms with Gasteiger partial charge in [-0.2, -0.15) is 13.2 Å². The van der Waals surface area contributed by atoms with Gasteiger partial charge in [0.15, 0.2) is 9.84 Å². The molecule has 1 aromatic heterocycles. The highest BCUT2D eigenvalue weighted by Gasteiger charge is 2.30. The Hall–Kier alpha value is -3.24. The number of likely N-dealkylation sites (tertiary alicyclic amines) is 1. The van der Waals surface area contributed by atoms with Gasteiger partial charge < -0.3 is 30.3 Å². The fraction of sp³-hybridized carbons (Fsp3) is 0.429. The van der Waals surface area contributed by atoms with Gasteiger partial charge in [0.2, 0.25) is 0 Å². The van der Waals surface area contributed by atoms with Crippen molar-refractivity contribution in [3.05, 3.63) is 54.2 Å². The smallest absolute Gasteiger partial charge is 0.394 e. The molecule has 216 valence electrons.